The van der Waals surface area contributed by atoms with Crippen molar-refractivity contribution in [1.29, 1.82) is 0 Å². The topological polar surface area (TPSA) is 72.7 Å². The maximum atomic E-state index is 12.7. The van der Waals surface area contributed by atoms with Crippen molar-refractivity contribution in [1.82, 2.24) is 20.2 Å². The summed E-state index contributed by atoms with van der Waals surface area (Å²) in [4.78, 5) is 12.0. The van der Waals surface area contributed by atoms with Gasteiger partial charge in [0, 0.05) is 0 Å². The molecule has 0 unspecified atom stereocenters. The van der Waals surface area contributed by atoms with Gasteiger partial charge in [0.1, 0.15) is 0 Å². The fraction of sp³-hybridized carbons (Fsp3) is 0.429. The van der Waals surface area contributed by atoms with Crippen LogP contribution in [0, 0.1) is 0 Å². The summed E-state index contributed by atoms with van der Waals surface area (Å²) in [5.41, 5.74) is -1.36. The fourth-order valence-electron chi connectivity index (χ4n) is 1.80. The van der Waals surface area contributed by atoms with Crippen molar-refractivity contribution in [2.45, 2.75) is 37.6 Å². The fourth-order valence-corrected chi connectivity index (χ4v) is 2.83. The first-order valence-corrected chi connectivity index (χ1v) is 8.43. The standard InChI is InChI=1S/C14H15ClF3N5OS/c1-13(2,3)23-12(20-21-22-23)25-7-11(24)19-10-6-8(14(16,17)18)4-5-9(10)15/h4-6H,7H2,1-3H3,(H,19,24). The van der Waals surface area contributed by atoms with E-state index in [1.54, 1.807) is 4.68 Å². The van der Waals surface area contributed by atoms with Crippen molar-refractivity contribution in [2.75, 3.05) is 11.1 Å². The summed E-state index contributed by atoms with van der Waals surface area (Å²) in [6.45, 7) is 5.70. The first-order chi connectivity index (χ1) is 11.5. The molecule has 2 rings (SSSR count). The van der Waals surface area contributed by atoms with Crippen LogP contribution in [0.25, 0.3) is 0 Å². The molecule has 11 heteroatoms. The first-order valence-electron chi connectivity index (χ1n) is 7.07. The summed E-state index contributed by atoms with van der Waals surface area (Å²) in [7, 11) is 0. The summed E-state index contributed by atoms with van der Waals surface area (Å²) in [5.74, 6) is -0.599. The minimum absolute atomic E-state index is 0.0193. The number of anilines is 1. The summed E-state index contributed by atoms with van der Waals surface area (Å²) in [5, 5.41) is 14.1. The highest BCUT2D eigenvalue weighted by Crippen LogP contribution is 2.34. The first kappa shape index (κ1) is 19.5. The third-order valence-electron chi connectivity index (χ3n) is 2.98. The maximum Gasteiger partial charge on any atom is 0.416 e. The lowest BCUT2D eigenvalue weighted by Gasteiger charge is -2.19. The van der Waals surface area contributed by atoms with E-state index in [1.807, 2.05) is 20.8 Å². The van der Waals surface area contributed by atoms with Gasteiger partial charge in [-0.3, -0.25) is 4.79 Å². The molecule has 1 aromatic carbocycles. The van der Waals surface area contributed by atoms with Crippen LogP contribution in [0.15, 0.2) is 23.4 Å². The van der Waals surface area contributed by atoms with Gasteiger partial charge < -0.3 is 5.32 Å². The molecular weight excluding hydrogens is 379 g/mol. The highest BCUT2D eigenvalue weighted by molar-refractivity contribution is 7.99. The van der Waals surface area contributed by atoms with Gasteiger partial charge in [-0.2, -0.15) is 13.2 Å². The number of nitrogens with one attached hydrogen (secondary N) is 1. The number of amides is 1. The Bertz CT molecular complexity index is 773. The van der Waals surface area contributed by atoms with Gasteiger partial charge in [0.05, 0.1) is 27.6 Å². The van der Waals surface area contributed by atoms with E-state index < -0.39 is 17.6 Å². The molecule has 6 nitrogen and oxygen atoms in total. The predicted molar refractivity (Wildman–Crippen MR) is 88.6 cm³/mol. The second-order valence-corrected chi connectivity index (χ2v) is 7.42. The van der Waals surface area contributed by atoms with Gasteiger partial charge in [0.2, 0.25) is 11.1 Å². The third-order valence-corrected chi connectivity index (χ3v) is 4.23. The molecule has 0 bridgehead atoms. The van der Waals surface area contributed by atoms with Crippen LogP contribution in [0.1, 0.15) is 26.3 Å². The van der Waals surface area contributed by atoms with E-state index in [9.17, 15) is 18.0 Å². The van der Waals surface area contributed by atoms with E-state index in [1.165, 1.54) is 0 Å². The predicted octanol–water partition coefficient (Wildman–Crippen LogP) is 3.83. The minimum atomic E-state index is -4.52. The summed E-state index contributed by atoms with van der Waals surface area (Å²) >= 11 is 6.92. The monoisotopic (exact) mass is 393 g/mol. The van der Waals surface area contributed by atoms with Gasteiger partial charge in [0.15, 0.2) is 0 Å². The number of halogens is 4. The Labute approximate surface area is 151 Å². The minimum Gasteiger partial charge on any atom is -0.324 e. The zero-order valence-electron chi connectivity index (χ0n) is 13.6. The van der Waals surface area contributed by atoms with Crippen LogP contribution in [0.3, 0.4) is 0 Å². The van der Waals surface area contributed by atoms with Crippen molar-refractivity contribution < 1.29 is 18.0 Å². The van der Waals surface area contributed by atoms with Crippen molar-refractivity contribution >= 4 is 35.0 Å². The number of hydrogen-bond acceptors (Lipinski definition) is 5. The molecule has 0 saturated heterocycles. The van der Waals surface area contributed by atoms with E-state index in [4.69, 9.17) is 11.6 Å². The second-order valence-electron chi connectivity index (χ2n) is 6.07. The second kappa shape index (κ2) is 7.20. The number of carbonyl (C=O) groups excluding carboxylic acids is 1. The number of thioether (sulfide) groups is 1. The van der Waals surface area contributed by atoms with Gasteiger partial charge >= 0.3 is 6.18 Å². The molecule has 0 aliphatic carbocycles. The van der Waals surface area contributed by atoms with Crippen LogP contribution < -0.4 is 5.32 Å². The average Bonchev–Trinajstić information content (AvgIpc) is 2.95. The number of tetrazole rings is 1. The quantitative estimate of drug-likeness (QED) is 0.799. The smallest absolute Gasteiger partial charge is 0.324 e. The van der Waals surface area contributed by atoms with Crippen molar-refractivity contribution in [3.05, 3.63) is 28.8 Å². The van der Waals surface area contributed by atoms with Crippen LogP contribution in [0.5, 0.6) is 0 Å². The van der Waals surface area contributed by atoms with Crippen molar-refractivity contribution in [3.8, 4) is 0 Å². The van der Waals surface area contributed by atoms with Gasteiger partial charge in [-0.05, 0) is 49.4 Å². The summed E-state index contributed by atoms with van der Waals surface area (Å²) in [6.07, 6.45) is -4.52. The van der Waals surface area contributed by atoms with E-state index in [2.05, 4.69) is 20.8 Å². The van der Waals surface area contributed by atoms with E-state index in [-0.39, 0.29) is 22.0 Å². The molecule has 0 saturated carbocycles. The molecule has 1 N–H and O–H groups in total. The van der Waals surface area contributed by atoms with E-state index in [0.29, 0.717) is 5.16 Å². The Kier molecular flexibility index (Phi) is 5.62. The summed E-state index contributed by atoms with van der Waals surface area (Å²) in [6, 6.07) is 2.74. The molecule has 1 heterocycles. The van der Waals surface area contributed by atoms with Gasteiger partial charge in [-0.25, -0.2) is 4.68 Å². The number of alkyl halides is 3. The summed E-state index contributed by atoms with van der Waals surface area (Å²) < 4.78 is 39.8. The van der Waals surface area contributed by atoms with Crippen molar-refractivity contribution in [3.63, 3.8) is 0 Å². The third kappa shape index (κ3) is 5.08. The van der Waals surface area contributed by atoms with Crippen LogP contribution in [0.4, 0.5) is 18.9 Å². The molecule has 1 amide bonds. The molecule has 136 valence electrons. The van der Waals surface area contributed by atoms with Crippen molar-refractivity contribution in [2.24, 2.45) is 0 Å². The molecular formula is C14H15ClF3N5OS. The number of rotatable bonds is 4. The SMILES string of the molecule is CC(C)(C)n1nnnc1SCC(=O)Nc1cc(C(F)(F)F)ccc1Cl. The average molecular weight is 394 g/mol. The molecule has 0 atom stereocenters. The zero-order chi connectivity index (χ0) is 18.8. The molecule has 2 aromatic rings. The van der Waals surface area contributed by atoms with Crippen LogP contribution in [-0.4, -0.2) is 31.9 Å². The lowest BCUT2D eigenvalue weighted by Crippen LogP contribution is -2.24. The molecule has 0 aliphatic heterocycles. The van der Waals surface area contributed by atoms with Gasteiger partial charge in [-0.1, -0.05) is 23.4 Å². The van der Waals surface area contributed by atoms with Gasteiger partial charge in [0.25, 0.3) is 0 Å². The number of nitrogens with zero attached hydrogens (tertiary/aromatic N) is 4. The lowest BCUT2D eigenvalue weighted by molar-refractivity contribution is -0.137. The Morgan fingerprint density at radius 2 is 2.00 bits per heavy atom. The Morgan fingerprint density at radius 3 is 2.60 bits per heavy atom. The van der Waals surface area contributed by atoms with Crippen LogP contribution >= 0.6 is 23.4 Å². The Balaban J connectivity index is 2.06. The number of carbonyl (C=O) groups is 1. The molecule has 0 spiro atoms. The van der Waals surface area contributed by atoms with E-state index in [0.717, 1.165) is 30.0 Å². The highest BCUT2D eigenvalue weighted by atomic mass is 35.5. The maximum absolute atomic E-state index is 12.7. The molecule has 0 radical (unpaired) electrons. The lowest BCUT2D eigenvalue weighted by atomic mass is 10.1. The van der Waals surface area contributed by atoms with Gasteiger partial charge in [-0.15, -0.1) is 5.10 Å². The zero-order valence-corrected chi connectivity index (χ0v) is 15.1. The normalized spacial score (nSPS) is 12.3. The largest absolute Gasteiger partial charge is 0.416 e. The Hall–Kier alpha value is -1.81. The number of hydrogen-bond donors (Lipinski definition) is 1. The number of aromatic nitrogens is 4. The van der Waals surface area contributed by atoms with E-state index >= 15 is 0 Å². The number of benzene rings is 1. The molecule has 0 fully saturated rings. The van der Waals surface area contributed by atoms with Crippen LogP contribution in [-0.2, 0) is 16.5 Å². The van der Waals surface area contributed by atoms with Crippen LogP contribution in [0.2, 0.25) is 5.02 Å². The molecule has 0 aliphatic rings. The Morgan fingerprint density at radius 1 is 1.32 bits per heavy atom. The molecule has 1 aromatic heterocycles. The highest BCUT2D eigenvalue weighted by Gasteiger charge is 2.31. The molecule has 25 heavy (non-hydrogen) atoms.